The van der Waals surface area contributed by atoms with Gasteiger partial charge in [0.1, 0.15) is 12.2 Å². The first kappa shape index (κ1) is 20.7. The van der Waals surface area contributed by atoms with E-state index in [0.29, 0.717) is 6.42 Å². The maximum Gasteiger partial charge on any atom is 0.321 e. The molecule has 0 N–H and O–H groups in total. The van der Waals surface area contributed by atoms with Gasteiger partial charge in [0, 0.05) is 0 Å². The average molecular weight is 350 g/mol. The van der Waals surface area contributed by atoms with Gasteiger partial charge in [-0.2, -0.15) is 0 Å². The fraction of sp³-hybridized carbons (Fsp3) is 0.526. The predicted octanol–water partition coefficient (Wildman–Crippen LogP) is 3.03. The average Bonchev–Trinajstić information content (AvgIpc) is 2.55. The lowest BCUT2D eigenvalue weighted by Crippen LogP contribution is -2.35. The fourth-order valence-corrected chi connectivity index (χ4v) is 1.91. The van der Waals surface area contributed by atoms with Crippen molar-refractivity contribution in [3.63, 3.8) is 0 Å². The van der Waals surface area contributed by atoms with E-state index in [2.05, 4.69) is 0 Å². The molecule has 1 aromatic rings. The fourth-order valence-electron chi connectivity index (χ4n) is 1.91. The van der Waals surface area contributed by atoms with E-state index in [1.807, 2.05) is 25.1 Å². The van der Waals surface area contributed by atoms with E-state index in [1.54, 1.807) is 32.9 Å². The molecule has 6 nitrogen and oxygen atoms in total. The molecule has 1 unspecified atom stereocenters. The first-order valence-corrected chi connectivity index (χ1v) is 8.32. The highest BCUT2D eigenvalue weighted by molar-refractivity contribution is 5.98. The van der Waals surface area contributed by atoms with Gasteiger partial charge in [0.15, 0.2) is 5.92 Å². The molecule has 0 heterocycles. The molecule has 138 valence electrons. The topological polar surface area (TPSA) is 78.9 Å². The predicted molar refractivity (Wildman–Crippen MR) is 91.4 cm³/mol. The molecule has 0 aliphatic heterocycles. The summed E-state index contributed by atoms with van der Waals surface area (Å²) in [6, 6.07) is 9.07. The Labute approximate surface area is 148 Å². The summed E-state index contributed by atoms with van der Waals surface area (Å²) in [6.07, 6.45) is 0.254. The molecule has 1 rings (SSSR count). The molecule has 1 atom stereocenters. The summed E-state index contributed by atoms with van der Waals surface area (Å²) in [7, 11) is 0. The number of ether oxygens (including phenoxy) is 3. The second-order valence-corrected chi connectivity index (χ2v) is 6.60. The largest absolute Gasteiger partial charge is 0.466 e. The first-order valence-electron chi connectivity index (χ1n) is 8.32. The third-order valence-corrected chi connectivity index (χ3v) is 3.04. The van der Waals surface area contributed by atoms with Gasteiger partial charge in [-0.1, -0.05) is 37.3 Å². The molecule has 0 radical (unpaired) electrons. The standard InChI is InChI=1S/C19H26O6/c1-5-11-23-16(20)12-15(18(22)25-19(2,3)4)17(21)24-13-14-9-7-6-8-10-14/h6-10,15H,5,11-13H2,1-4H3. The zero-order chi connectivity index (χ0) is 18.9. The molecule has 0 amide bonds. The van der Waals surface area contributed by atoms with Crippen LogP contribution in [-0.4, -0.2) is 30.1 Å². The molecule has 1 aromatic carbocycles. The van der Waals surface area contributed by atoms with Crippen LogP contribution in [-0.2, 0) is 35.2 Å². The van der Waals surface area contributed by atoms with E-state index in [9.17, 15) is 14.4 Å². The molecule has 0 fully saturated rings. The lowest BCUT2D eigenvalue weighted by atomic mass is 10.1. The number of carbonyl (C=O) groups excluding carboxylic acids is 3. The van der Waals surface area contributed by atoms with Crippen LogP contribution >= 0.6 is 0 Å². The molecule has 0 saturated carbocycles. The quantitative estimate of drug-likeness (QED) is 0.407. The van der Waals surface area contributed by atoms with Gasteiger partial charge in [0.25, 0.3) is 0 Å². The van der Waals surface area contributed by atoms with Crippen molar-refractivity contribution >= 4 is 17.9 Å². The van der Waals surface area contributed by atoms with Crippen molar-refractivity contribution < 1.29 is 28.6 Å². The van der Waals surface area contributed by atoms with Gasteiger partial charge in [-0.3, -0.25) is 14.4 Å². The van der Waals surface area contributed by atoms with Crippen molar-refractivity contribution in [1.29, 1.82) is 0 Å². The normalized spacial score (nSPS) is 12.2. The van der Waals surface area contributed by atoms with Crippen molar-refractivity contribution in [2.24, 2.45) is 5.92 Å². The van der Waals surface area contributed by atoms with Gasteiger partial charge < -0.3 is 14.2 Å². The first-order chi connectivity index (χ1) is 11.7. The summed E-state index contributed by atoms with van der Waals surface area (Å²) in [5.41, 5.74) is 0.00915. The van der Waals surface area contributed by atoms with Crippen LogP contribution in [0.3, 0.4) is 0 Å². The molecule has 0 spiro atoms. The van der Waals surface area contributed by atoms with E-state index in [-0.39, 0.29) is 13.2 Å². The third-order valence-electron chi connectivity index (χ3n) is 3.04. The molecule has 0 bridgehead atoms. The Balaban J connectivity index is 2.75. The lowest BCUT2D eigenvalue weighted by molar-refractivity contribution is -0.173. The highest BCUT2D eigenvalue weighted by atomic mass is 16.6. The van der Waals surface area contributed by atoms with Crippen LogP contribution in [0.25, 0.3) is 0 Å². The lowest BCUT2D eigenvalue weighted by Gasteiger charge is -2.23. The minimum Gasteiger partial charge on any atom is -0.466 e. The van der Waals surface area contributed by atoms with Crippen LogP contribution in [0, 0.1) is 5.92 Å². The van der Waals surface area contributed by atoms with Gasteiger partial charge in [0.2, 0.25) is 0 Å². The Morgan fingerprint density at radius 1 is 1.00 bits per heavy atom. The van der Waals surface area contributed by atoms with Crippen LogP contribution in [0.2, 0.25) is 0 Å². The highest BCUT2D eigenvalue weighted by Crippen LogP contribution is 2.17. The van der Waals surface area contributed by atoms with Gasteiger partial charge in [-0.15, -0.1) is 0 Å². The number of esters is 3. The Hall–Kier alpha value is -2.37. The monoisotopic (exact) mass is 350 g/mol. The zero-order valence-corrected chi connectivity index (χ0v) is 15.2. The molecule has 25 heavy (non-hydrogen) atoms. The number of hydrogen-bond acceptors (Lipinski definition) is 6. The maximum absolute atomic E-state index is 12.3. The third kappa shape index (κ3) is 8.33. The molecular weight excluding hydrogens is 324 g/mol. The summed E-state index contributed by atoms with van der Waals surface area (Å²) >= 11 is 0. The van der Waals surface area contributed by atoms with Gasteiger partial charge in [-0.25, -0.2) is 0 Å². The van der Waals surface area contributed by atoms with Gasteiger partial charge in [-0.05, 0) is 32.8 Å². The maximum atomic E-state index is 12.3. The number of carbonyl (C=O) groups is 3. The van der Waals surface area contributed by atoms with Crippen molar-refractivity contribution in [3.8, 4) is 0 Å². The number of benzene rings is 1. The zero-order valence-electron chi connectivity index (χ0n) is 15.2. The van der Waals surface area contributed by atoms with E-state index in [1.165, 1.54) is 0 Å². The van der Waals surface area contributed by atoms with E-state index in [4.69, 9.17) is 14.2 Å². The molecular formula is C19H26O6. The minimum atomic E-state index is -1.34. The van der Waals surface area contributed by atoms with Crippen LogP contribution in [0.5, 0.6) is 0 Å². The smallest absolute Gasteiger partial charge is 0.321 e. The summed E-state index contributed by atoms with van der Waals surface area (Å²) in [4.78, 5) is 36.4. The van der Waals surface area contributed by atoms with Crippen molar-refractivity contribution in [1.82, 2.24) is 0 Å². The van der Waals surface area contributed by atoms with Crippen LogP contribution in [0.1, 0.15) is 46.1 Å². The highest BCUT2D eigenvalue weighted by Gasteiger charge is 2.35. The summed E-state index contributed by atoms with van der Waals surface area (Å²) < 4.78 is 15.4. The van der Waals surface area contributed by atoms with Crippen LogP contribution in [0.15, 0.2) is 30.3 Å². The minimum absolute atomic E-state index is 0.0168. The van der Waals surface area contributed by atoms with Crippen LogP contribution in [0.4, 0.5) is 0 Å². The van der Waals surface area contributed by atoms with Crippen molar-refractivity contribution in [2.75, 3.05) is 6.61 Å². The molecule has 0 aromatic heterocycles. The Morgan fingerprint density at radius 3 is 2.20 bits per heavy atom. The Morgan fingerprint density at radius 2 is 1.64 bits per heavy atom. The summed E-state index contributed by atoms with van der Waals surface area (Å²) in [5, 5.41) is 0. The second-order valence-electron chi connectivity index (χ2n) is 6.60. The van der Waals surface area contributed by atoms with Crippen molar-refractivity contribution in [2.45, 2.75) is 52.7 Å². The Kier molecular flexibility index (Phi) is 8.11. The van der Waals surface area contributed by atoms with Gasteiger partial charge >= 0.3 is 17.9 Å². The van der Waals surface area contributed by atoms with E-state index < -0.39 is 35.8 Å². The van der Waals surface area contributed by atoms with E-state index in [0.717, 1.165) is 5.56 Å². The SMILES string of the molecule is CCCOC(=O)CC(C(=O)OCc1ccccc1)C(=O)OC(C)(C)C. The van der Waals surface area contributed by atoms with Crippen molar-refractivity contribution in [3.05, 3.63) is 35.9 Å². The van der Waals surface area contributed by atoms with E-state index >= 15 is 0 Å². The summed E-state index contributed by atoms with van der Waals surface area (Å²) in [5.74, 6) is -3.56. The second kappa shape index (κ2) is 9.81. The molecule has 0 aliphatic carbocycles. The molecule has 0 aliphatic rings. The Bertz CT molecular complexity index is 573. The van der Waals surface area contributed by atoms with Gasteiger partial charge in [0.05, 0.1) is 13.0 Å². The summed E-state index contributed by atoms with van der Waals surface area (Å²) in [6.45, 7) is 7.17. The molecule has 6 heteroatoms. The van der Waals surface area contributed by atoms with Crippen LogP contribution < -0.4 is 0 Å². The number of rotatable bonds is 8. The number of hydrogen-bond donors (Lipinski definition) is 0. The molecule has 0 saturated heterocycles.